The topological polar surface area (TPSA) is 21.3 Å². The molecule has 0 aliphatic rings. The van der Waals surface area contributed by atoms with E-state index in [1.807, 2.05) is 6.07 Å². The fraction of sp³-hybridized carbons (Fsp3) is 0.375. The van der Waals surface area contributed by atoms with Crippen LogP contribution in [0.3, 0.4) is 0 Å². The molecule has 0 spiro atoms. The Balaban J connectivity index is 2.35. The van der Waals surface area contributed by atoms with Crippen molar-refractivity contribution in [3.05, 3.63) is 50.1 Å². The molecule has 0 radical (unpaired) electrons. The van der Waals surface area contributed by atoms with Crippen LogP contribution in [0, 0.1) is 6.92 Å². The number of methoxy groups -OCH3 is 1. The Kier molecular flexibility index (Phi) is 5.64. The zero-order valence-electron chi connectivity index (χ0n) is 12.1. The van der Waals surface area contributed by atoms with Crippen LogP contribution >= 0.6 is 27.3 Å². The van der Waals surface area contributed by atoms with E-state index in [1.54, 1.807) is 18.4 Å². The molecule has 0 amide bonds. The van der Waals surface area contributed by atoms with E-state index >= 15 is 0 Å². The summed E-state index contributed by atoms with van der Waals surface area (Å²) >= 11 is 5.28. The monoisotopic (exact) mass is 353 g/mol. The molecule has 108 valence electrons. The largest absolute Gasteiger partial charge is 0.497 e. The van der Waals surface area contributed by atoms with Crippen LogP contribution in [0.5, 0.6) is 5.75 Å². The molecule has 20 heavy (non-hydrogen) atoms. The predicted molar refractivity (Wildman–Crippen MR) is 89.9 cm³/mol. The van der Waals surface area contributed by atoms with Gasteiger partial charge in [0.15, 0.2) is 0 Å². The summed E-state index contributed by atoms with van der Waals surface area (Å²) in [6, 6.07) is 8.72. The van der Waals surface area contributed by atoms with Gasteiger partial charge in [0.1, 0.15) is 5.75 Å². The van der Waals surface area contributed by atoms with Crippen LogP contribution in [-0.4, -0.2) is 13.7 Å². The second kappa shape index (κ2) is 7.25. The fourth-order valence-corrected chi connectivity index (χ4v) is 3.47. The molecule has 1 atom stereocenters. The highest BCUT2D eigenvalue weighted by Crippen LogP contribution is 2.32. The summed E-state index contributed by atoms with van der Waals surface area (Å²) in [6.45, 7) is 5.33. The molecule has 1 heterocycles. The summed E-state index contributed by atoms with van der Waals surface area (Å²) in [5, 5.41) is 5.85. The zero-order chi connectivity index (χ0) is 14.5. The SMILES string of the molecule is CCCNC(c1csc(Br)c1)c1ccc(OC)cc1C. The molecule has 1 unspecified atom stereocenters. The molecule has 0 aliphatic carbocycles. The van der Waals surface area contributed by atoms with E-state index in [1.165, 1.54) is 20.5 Å². The van der Waals surface area contributed by atoms with Gasteiger partial charge in [-0.1, -0.05) is 13.0 Å². The van der Waals surface area contributed by atoms with E-state index in [0.29, 0.717) is 0 Å². The van der Waals surface area contributed by atoms with Gasteiger partial charge in [-0.25, -0.2) is 0 Å². The van der Waals surface area contributed by atoms with E-state index in [0.717, 1.165) is 18.7 Å². The summed E-state index contributed by atoms with van der Waals surface area (Å²) < 4.78 is 6.46. The number of thiophene rings is 1. The molecule has 2 nitrogen and oxygen atoms in total. The van der Waals surface area contributed by atoms with E-state index in [4.69, 9.17) is 4.74 Å². The van der Waals surface area contributed by atoms with Crippen molar-refractivity contribution in [2.24, 2.45) is 0 Å². The first-order chi connectivity index (χ1) is 9.65. The van der Waals surface area contributed by atoms with Crippen LogP contribution in [0.1, 0.15) is 36.1 Å². The lowest BCUT2D eigenvalue weighted by atomic mass is 9.96. The first-order valence-corrected chi connectivity index (χ1v) is 8.44. The summed E-state index contributed by atoms with van der Waals surface area (Å²) in [7, 11) is 1.71. The molecule has 4 heteroatoms. The minimum atomic E-state index is 0.239. The van der Waals surface area contributed by atoms with Crippen LogP contribution in [0.15, 0.2) is 33.4 Å². The highest BCUT2D eigenvalue weighted by molar-refractivity contribution is 9.11. The minimum absolute atomic E-state index is 0.239. The molecule has 0 saturated carbocycles. The Bertz CT molecular complexity index is 567. The number of ether oxygens (including phenoxy) is 1. The Hall–Kier alpha value is -0.840. The molecular formula is C16H20BrNOS. The third kappa shape index (κ3) is 3.62. The fourth-order valence-electron chi connectivity index (χ4n) is 2.27. The molecule has 0 aliphatic heterocycles. The summed E-state index contributed by atoms with van der Waals surface area (Å²) in [5.74, 6) is 0.909. The van der Waals surface area contributed by atoms with E-state index < -0.39 is 0 Å². The predicted octanol–water partition coefficient (Wildman–Crippen LogP) is 4.92. The van der Waals surface area contributed by atoms with Gasteiger partial charge in [-0.15, -0.1) is 11.3 Å². The van der Waals surface area contributed by atoms with Gasteiger partial charge >= 0.3 is 0 Å². The third-order valence-electron chi connectivity index (χ3n) is 3.31. The quantitative estimate of drug-likeness (QED) is 0.795. The van der Waals surface area contributed by atoms with Gasteiger partial charge in [0.2, 0.25) is 0 Å². The summed E-state index contributed by atoms with van der Waals surface area (Å²) in [5.41, 5.74) is 3.87. The van der Waals surface area contributed by atoms with Gasteiger partial charge < -0.3 is 10.1 Å². The molecule has 1 aromatic heterocycles. The maximum Gasteiger partial charge on any atom is 0.119 e. The van der Waals surface area contributed by atoms with Crippen LogP contribution in [-0.2, 0) is 0 Å². The van der Waals surface area contributed by atoms with Crippen LogP contribution < -0.4 is 10.1 Å². The number of hydrogen-bond donors (Lipinski definition) is 1. The van der Waals surface area contributed by atoms with Gasteiger partial charge in [0, 0.05) is 0 Å². The maximum absolute atomic E-state index is 5.29. The van der Waals surface area contributed by atoms with Crippen molar-refractivity contribution in [2.45, 2.75) is 26.3 Å². The smallest absolute Gasteiger partial charge is 0.119 e. The number of nitrogens with one attached hydrogen (secondary N) is 1. The number of hydrogen-bond acceptors (Lipinski definition) is 3. The van der Waals surface area contributed by atoms with Crippen LogP contribution in [0.4, 0.5) is 0 Å². The minimum Gasteiger partial charge on any atom is -0.497 e. The van der Waals surface area contributed by atoms with Gasteiger partial charge in [-0.2, -0.15) is 0 Å². The highest BCUT2D eigenvalue weighted by atomic mass is 79.9. The molecule has 0 bridgehead atoms. The molecular weight excluding hydrogens is 334 g/mol. The number of halogens is 1. The zero-order valence-corrected chi connectivity index (χ0v) is 14.5. The summed E-state index contributed by atoms with van der Waals surface area (Å²) in [4.78, 5) is 0. The second-order valence-electron chi connectivity index (χ2n) is 4.79. The number of rotatable bonds is 6. The first-order valence-electron chi connectivity index (χ1n) is 6.77. The molecule has 2 aromatic rings. The van der Waals surface area contributed by atoms with Crippen LogP contribution in [0.2, 0.25) is 0 Å². The normalized spacial score (nSPS) is 12.4. The summed E-state index contributed by atoms with van der Waals surface area (Å²) in [6.07, 6.45) is 1.12. The third-order valence-corrected chi connectivity index (χ3v) is 4.83. The maximum atomic E-state index is 5.29. The highest BCUT2D eigenvalue weighted by Gasteiger charge is 2.17. The van der Waals surface area contributed by atoms with Crippen molar-refractivity contribution < 1.29 is 4.74 Å². The Morgan fingerprint density at radius 2 is 2.15 bits per heavy atom. The average Bonchev–Trinajstić information content (AvgIpc) is 2.87. The number of benzene rings is 1. The standard InChI is InChI=1S/C16H20BrNOS/c1-4-7-18-16(12-9-15(17)20-10-12)14-6-5-13(19-3)8-11(14)2/h5-6,8-10,16,18H,4,7H2,1-3H3. The van der Waals surface area contributed by atoms with Crippen molar-refractivity contribution in [1.82, 2.24) is 5.32 Å². The Morgan fingerprint density at radius 1 is 1.35 bits per heavy atom. The molecule has 2 rings (SSSR count). The first kappa shape index (κ1) is 15.5. The van der Waals surface area contributed by atoms with Gasteiger partial charge in [-0.3, -0.25) is 0 Å². The van der Waals surface area contributed by atoms with Gasteiger partial charge in [0.05, 0.1) is 16.9 Å². The van der Waals surface area contributed by atoms with Crippen molar-refractivity contribution in [3.8, 4) is 5.75 Å². The molecule has 1 aromatic carbocycles. The Labute approximate surface area is 133 Å². The lowest BCUT2D eigenvalue weighted by Gasteiger charge is -2.20. The van der Waals surface area contributed by atoms with E-state index in [2.05, 4.69) is 58.7 Å². The van der Waals surface area contributed by atoms with Crippen molar-refractivity contribution in [2.75, 3.05) is 13.7 Å². The van der Waals surface area contributed by atoms with Crippen molar-refractivity contribution in [3.63, 3.8) is 0 Å². The van der Waals surface area contributed by atoms with E-state index in [-0.39, 0.29) is 6.04 Å². The second-order valence-corrected chi connectivity index (χ2v) is 7.08. The van der Waals surface area contributed by atoms with Gasteiger partial charge in [-0.05, 0) is 76.1 Å². The lowest BCUT2D eigenvalue weighted by molar-refractivity contribution is 0.414. The van der Waals surface area contributed by atoms with Gasteiger partial charge in [0.25, 0.3) is 0 Å². The molecule has 1 N–H and O–H groups in total. The molecule has 0 saturated heterocycles. The van der Waals surface area contributed by atoms with Crippen LogP contribution in [0.25, 0.3) is 0 Å². The van der Waals surface area contributed by atoms with E-state index in [9.17, 15) is 0 Å². The van der Waals surface area contributed by atoms with Crippen molar-refractivity contribution >= 4 is 27.3 Å². The average molecular weight is 354 g/mol. The van der Waals surface area contributed by atoms with Crippen molar-refractivity contribution in [1.29, 1.82) is 0 Å². The lowest BCUT2D eigenvalue weighted by Crippen LogP contribution is -2.23. The Morgan fingerprint density at radius 3 is 2.70 bits per heavy atom. The number of aryl methyl sites for hydroxylation is 1. The molecule has 0 fully saturated rings.